The number of thiazole rings is 1. The van der Waals surface area contributed by atoms with Crippen LogP contribution < -0.4 is 42.8 Å². The van der Waals surface area contributed by atoms with E-state index in [1.165, 1.54) is 17.7 Å². The van der Waals surface area contributed by atoms with Gasteiger partial charge in [-0.15, -0.1) is 11.3 Å². The number of nitrogens with two attached hydrogens (primary N) is 2. The molecule has 0 aliphatic carbocycles. The van der Waals surface area contributed by atoms with E-state index in [1.54, 1.807) is 60.8 Å². The number of primary amides is 1. The third-order valence-electron chi connectivity index (χ3n) is 22.5. The lowest BCUT2D eigenvalue weighted by atomic mass is 9.82. The SMILES string of the molecule is CCCO[C@H](C[C@H](C(C)C)N(CCC)C(=O)[C@@H](CC(=O)[C@H]1CCCCN1C)[C@@H](C)CC)c1nc(C(=O)N[C@@H](Cc2ccc(O)cc2)C[C@H](C)C(=O)CNC(=O)OCCOCCOCCOCCNC(=O)OCc2ccc(CC(=O)[C@H](CCCNC(N)=O)NC(=O)[C@@H](CC(=O)CCCC(=O)CCc3ccc(COc4nc(N)nc5nc[nH]c45)cc3)C(C)C)cc2)cs1. The topological polar surface area (TPSA) is 459 Å². The Kier molecular flexibility index (Phi) is 45.0. The number of urea groups is 1. The normalized spacial score (nSPS) is 14.8. The second-order valence-electron chi connectivity index (χ2n) is 33.2. The van der Waals surface area contributed by atoms with E-state index >= 15 is 0 Å². The maximum absolute atomic E-state index is 15.0. The summed E-state index contributed by atoms with van der Waals surface area (Å²) in [5, 5.41) is 26.0. The number of anilines is 1. The molecule has 6 aromatic rings. The van der Waals surface area contributed by atoms with E-state index in [0.29, 0.717) is 84.9 Å². The van der Waals surface area contributed by atoms with Crippen molar-refractivity contribution < 1.29 is 91.0 Å². The van der Waals surface area contributed by atoms with Crippen LogP contribution in [0.1, 0.15) is 214 Å². The number of aromatic nitrogens is 5. The van der Waals surface area contributed by atoms with Gasteiger partial charge in [0.2, 0.25) is 23.6 Å². The van der Waals surface area contributed by atoms with Crippen LogP contribution >= 0.6 is 11.3 Å². The number of likely N-dealkylation sites (tertiary alicyclic amines) is 1. The fourth-order valence-corrected chi connectivity index (χ4v) is 15.8. The van der Waals surface area contributed by atoms with E-state index in [9.17, 15) is 57.8 Å². The molecule has 0 radical (unpaired) electrons. The molecule has 33 nitrogen and oxygen atoms in total. The number of Topliss-reactive ketones (excluding diaryl/α,β-unsaturated/α-hetero) is 5. The summed E-state index contributed by atoms with van der Waals surface area (Å²) in [7, 11) is 2.00. The van der Waals surface area contributed by atoms with Crippen LogP contribution in [-0.2, 0) is 94.5 Å². The number of phenolic OH excluding ortho intramolecular Hbond substituents is 1. The van der Waals surface area contributed by atoms with Crippen LogP contribution in [0, 0.1) is 35.5 Å². The lowest BCUT2D eigenvalue weighted by Crippen LogP contribution is -2.50. The third-order valence-corrected chi connectivity index (χ3v) is 23.4. The number of phenols is 1. The molecule has 7 rings (SSSR count). The summed E-state index contributed by atoms with van der Waals surface area (Å²) in [4.78, 5) is 172. The van der Waals surface area contributed by atoms with Gasteiger partial charge in [-0.3, -0.25) is 43.3 Å². The molecule has 0 bridgehead atoms. The number of carbonyl (C=O) groups excluding carboxylic acids is 11. The monoisotopic (exact) mass is 1770 g/mol. The number of amides is 7. The number of ketones is 5. The molecule has 1 saturated heterocycles. The molecule has 3 aromatic heterocycles. The number of hydrogen-bond acceptors (Lipinski definition) is 26. The number of ether oxygens (including phenoxy) is 7. The molecule has 1 aliphatic heterocycles. The van der Waals surface area contributed by atoms with Crippen LogP contribution in [0.4, 0.5) is 20.3 Å². The number of hydrogen-bond donors (Lipinski definition) is 9. The number of aromatic amines is 1. The summed E-state index contributed by atoms with van der Waals surface area (Å²) < 4.78 is 39.7. The largest absolute Gasteiger partial charge is 0.508 e. The number of aryl methyl sites for hydroxylation is 1. The minimum atomic E-state index is -0.944. The molecule has 0 spiro atoms. The Labute approximate surface area is 743 Å². The number of piperidine rings is 1. The Morgan fingerprint density at radius 3 is 1.98 bits per heavy atom. The first-order chi connectivity index (χ1) is 60.5. The summed E-state index contributed by atoms with van der Waals surface area (Å²) in [5.41, 5.74) is 16.1. The van der Waals surface area contributed by atoms with Gasteiger partial charge in [-0.2, -0.15) is 9.97 Å². The molecule has 7 amide bonds. The van der Waals surface area contributed by atoms with Crippen molar-refractivity contribution >= 4 is 93.3 Å². The van der Waals surface area contributed by atoms with Gasteiger partial charge in [0, 0.05) is 106 Å². The van der Waals surface area contributed by atoms with Crippen LogP contribution in [0.5, 0.6) is 11.6 Å². The Morgan fingerprint density at radius 2 is 1.32 bits per heavy atom. The molecule has 0 unspecified atom stereocenters. The van der Waals surface area contributed by atoms with E-state index in [-0.39, 0.29) is 206 Å². The maximum Gasteiger partial charge on any atom is 0.407 e. The van der Waals surface area contributed by atoms with E-state index in [2.05, 4.69) is 86.0 Å². The molecule has 9 atom stereocenters. The van der Waals surface area contributed by atoms with Crippen molar-refractivity contribution in [2.45, 2.75) is 228 Å². The van der Waals surface area contributed by atoms with Crippen molar-refractivity contribution in [2.75, 3.05) is 98.4 Å². The second-order valence-corrected chi connectivity index (χ2v) is 34.1. The van der Waals surface area contributed by atoms with Crippen molar-refractivity contribution in [3.63, 3.8) is 0 Å². The highest BCUT2D eigenvalue weighted by Crippen LogP contribution is 2.35. The standard InChI is InChI=1S/C92H134N14O19S/c1-11-38-106(88(115)73(61(8)13-3)52-79(111)76-21-14-15-39-105(76)10)77(60(6)7)53-81(122-40-12-2)87-102-75(57-126-87)85(114)100-68(49-64-31-34-70(108)35-32-64)48-62(9)80(112)54-97-92(118)123-47-46-121-45-44-120-43-42-119-41-37-96-91(117)125-56-67-28-24-65(25-29-67)50-78(110)74(20-17-36-95-90(94)116)101-84(113)72(59(4)5)51-71(109)19-16-18-69(107)33-30-63-22-26-66(27-23-63)55-124-86-82-83(99-58-98-82)103-89(93)104-86/h22-29,31-32,34-35,57-62,68,72-74,76-77,81,108H,11-21,30,33,36-56H2,1-10H3,(H,96,117)(H,97,118)(H,100,114)(H,101,113)(H3,94,95,116)(H3,93,98,99,103,104)/t61-,62-,68+,72-,73-,74-,76+,77+,81+/m0/s1. The predicted molar refractivity (Wildman–Crippen MR) is 477 cm³/mol. The van der Waals surface area contributed by atoms with Crippen LogP contribution in [0.25, 0.3) is 11.2 Å². The molecular formula is C92H134N14O19S. The zero-order valence-electron chi connectivity index (χ0n) is 75.0. The van der Waals surface area contributed by atoms with Gasteiger partial charge in [0.25, 0.3) is 5.91 Å². The molecular weight excluding hydrogens is 1640 g/mol. The molecule has 0 saturated carbocycles. The fraction of sp³-hybridized carbons (Fsp3) is 0.598. The molecule has 126 heavy (non-hydrogen) atoms. The van der Waals surface area contributed by atoms with Crippen molar-refractivity contribution in [3.8, 4) is 11.6 Å². The minimum absolute atomic E-state index is 0.00605. The highest BCUT2D eigenvalue weighted by molar-refractivity contribution is 7.09. The quantitative estimate of drug-likeness (QED) is 0.0160. The molecule has 1 fully saturated rings. The summed E-state index contributed by atoms with van der Waals surface area (Å²) in [6.45, 7) is 20.8. The Morgan fingerprint density at radius 1 is 0.659 bits per heavy atom. The smallest absolute Gasteiger partial charge is 0.407 e. The van der Waals surface area contributed by atoms with Crippen molar-refractivity contribution in [2.24, 2.45) is 41.2 Å². The van der Waals surface area contributed by atoms with E-state index in [0.717, 1.165) is 61.8 Å². The number of alkyl carbamates (subject to hydrolysis) is 2. The molecule has 1 aliphatic rings. The molecule has 11 N–H and O–H groups in total. The number of nitrogens with one attached hydrogen (secondary N) is 6. The number of nitrogen functional groups attached to an aromatic ring is 1. The summed E-state index contributed by atoms with van der Waals surface area (Å²) >= 11 is 1.31. The second kappa shape index (κ2) is 55.3. The van der Waals surface area contributed by atoms with Crippen molar-refractivity contribution in [1.82, 2.24) is 61.3 Å². The average Bonchev–Trinajstić information content (AvgIpc) is 1.47. The Balaban J connectivity index is 0.743. The first-order valence-electron chi connectivity index (χ1n) is 44.4. The lowest BCUT2D eigenvalue weighted by molar-refractivity contribution is -0.145. The average molecular weight is 1770 g/mol. The number of fused-ring (bicyclic) bond motifs is 1. The number of imidazole rings is 1. The highest BCUT2D eigenvalue weighted by Gasteiger charge is 2.39. The minimum Gasteiger partial charge on any atom is -0.508 e. The number of rotatable bonds is 61. The van der Waals surface area contributed by atoms with Gasteiger partial charge < -0.3 is 86.2 Å². The van der Waals surface area contributed by atoms with E-state index in [1.807, 2.05) is 57.0 Å². The Hall–Kier alpha value is -10.4. The van der Waals surface area contributed by atoms with Crippen LogP contribution in [0.15, 0.2) is 84.5 Å². The first kappa shape index (κ1) is 103. The van der Waals surface area contributed by atoms with Crippen LogP contribution in [-0.4, -0.2) is 221 Å². The number of benzene rings is 3. The summed E-state index contributed by atoms with van der Waals surface area (Å²) in [6, 6.07) is 18.5. The number of aromatic hydroxyl groups is 1. The van der Waals surface area contributed by atoms with Crippen LogP contribution in [0.2, 0.25) is 0 Å². The van der Waals surface area contributed by atoms with Gasteiger partial charge in [-0.05, 0) is 136 Å². The lowest BCUT2D eigenvalue weighted by Gasteiger charge is -2.40. The number of likely N-dealkylation sites (N-methyl/N-ethyl adjacent to an activating group) is 1. The number of carbonyl (C=O) groups is 11. The van der Waals surface area contributed by atoms with Gasteiger partial charge in [0.05, 0.1) is 64.6 Å². The third kappa shape index (κ3) is 36.2. The molecule has 692 valence electrons. The first-order valence-corrected chi connectivity index (χ1v) is 45.3. The van der Waals surface area contributed by atoms with E-state index in [4.69, 9.17) is 49.6 Å². The summed E-state index contributed by atoms with van der Waals surface area (Å²) in [5.74, 6) is -3.17. The highest BCUT2D eigenvalue weighted by atomic mass is 32.1. The number of nitrogens with zero attached hydrogens (tertiary/aromatic N) is 6. The van der Waals surface area contributed by atoms with Crippen LogP contribution in [0.3, 0.4) is 0 Å². The number of H-pyrrole nitrogens is 1. The maximum atomic E-state index is 15.0. The molecule has 4 heterocycles. The van der Waals surface area contributed by atoms with Gasteiger partial charge in [-0.1, -0.05) is 136 Å². The van der Waals surface area contributed by atoms with Gasteiger partial charge in [-0.25, -0.2) is 24.4 Å². The molecule has 34 heteroatoms. The van der Waals surface area contributed by atoms with Crippen molar-refractivity contribution in [1.29, 1.82) is 0 Å². The van der Waals surface area contributed by atoms with Gasteiger partial charge in [0.1, 0.15) is 59.5 Å². The van der Waals surface area contributed by atoms with E-state index < -0.39 is 66.0 Å². The van der Waals surface area contributed by atoms with Gasteiger partial charge in [0.15, 0.2) is 23.0 Å². The molecule has 3 aromatic carbocycles. The Bertz CT molecular complexity index is 4400. The zero-order chi connectivity index (χ0) is 91.5. The van der Waals surface area contributed by atoms with Gasteiger partial charge >= 0.3 is 18.2 Å². The fourth-order valence-electron chi connectivity index (χ4n) is 15.0. The predicted octanol–water partition coefficient (Wildman–Crippen LogP) is 11.2. The van der Waals surface area contributed by atoms with Crippen molar-refractivity contribution in [3.05, 3.63) is 123 Å². The zero-order valence-corrected chi connectivity index (χ0v) is 75.8. The summed E-state index contributed by atoms with van der Waals surface area (Å²) in [6.07, 6.45) is 7.57.